The van der Waals surface area contributed by atoms with E-state index in [1.54, 1.807) is 42.6 Å². The van der Waals surface area contributed by atoms with E-state index in [4.69, 9.17) is 21.1 Å². The highest BCUT2D eigenvalue weighted by Gasteiger charge is 2.19. The third kappa shape index (κ3) is 3.39. The van der Waals surface area contributed by atoms with Crippen LogP contribution in [0.1, 0.15) is 17.2 Å². The number of hydrogen-bond acceptors (Lipinski definition) is 5. The molecule has 1 aliphatic rings. The highest BCUT2D eigenvalue weighted by Crippen LogP contribution is 2.38. The second-order valence-electron chi connectivity index (χ2n) is 5.08. The summed E-state index contributed by atoms with van der Waals surface area (Å²) in [5.74, 6) is -0.227. The molecule has 2 heterocycles. The molecule has 0 fully saturated rings. The maximum Gasteiger partial charge on any atom is 0.179 e. The molecule has 24 heavy (non-hydrogen) atoms. The molecule has 0 spiro atoms. The van der Waals surface area contributed by atoms with Crippen LogP contribution in [0.25, 0.3) is 6.08 Å². The molecule has 1 aliphatic heterocycles. The van der Waals surface area contributed by atoms with Crippen LogP contribution in [0.5, 0.6) is 11.5 Å². The molecule has 2 aromatic rings. The number of pyridine rings is 1. The zero-order valence-corrected chi connectivity index (χ0v) is 13.4. The van der Waals surface area contributed by atoms with E-state index in [2.05, 4.69) is 4.98 Å². The predicted molar refractivity (Wildman–Crippen MR) is 89.1 cm³/mol. The molecule has 3 rings (SSSR count). The van der Waals surface area contributed by atoms with Crippen molar-refractivity contribution in [1.29, 1.82) is 5.26 Å². The molecule has 1 atom stereocenters. The summed E-state index contributed by atoms with van der Waals surface area (Å²) in [6.45, 7) is 0.903. The lowest BCUT2D eigenvalue weighted by atomic mass is 10.00. The lowest BCUT2D eigenvalue weighted by Gasteiger charge is -2.19. The minimum atomic E-state index is -0.935. The topological polar surface area (TPSA) is 72.2 Å². The highest BCUT2D eigenvalue weighted by molar-refractivity contribution is 6.32. The molecule has 0 saturated heterocycles. The van der Waals surface area contributed by atoms with Crippen molar-refractivity contribution in [3.63, 3.8) is 0 Å². The standard InChI is InChI=1S/C18H13ClN2O3/c19-14-9-12(10-17-18(14)24-8-7-23-17)4-5-16(22)13(11-20)15-3-1-2-6-21-15/h1-6,9-10,13H,7-8H2/b5-4-/t13-/m0/s1. The average molecular weight is 341 g/mol. The van der Waals surface area contributed by atoms with E-state index >= 15 is 0 Å². The van der Waals surface area contributed by atoms with E-state index in [1.165, 1.54) is 6.08 Å². The van der Waals surface area contributed by atoms with Crippen molar-refractivity contribution in [2.75, 3.05) is 13.2 Å². The first-order chi connectivity index (χ1) is 11.7. The molecule has 5 nitrogen and oxygen atoms in total. The van der Waals surface area contributed by atoms with E-state index in [1.807, 2.05) is 6.07 Å². The van der Waals surface area contributed by atoms with Gasteiger partial charge in [-0.2, -0.15) is 5.26 Å². The fourth-order valence-electron chi connectivity index (χ4n) is 2.32. The molecule has 6 heteroatoms. The Kier molecular flexibility index (Phi) is 4.78. The van der Waals surface area contributed by atoms with Gasteiger partial charge in [-0.1, -0.05) is 23.7 Å². The molecule has 0 N–H and O–H groups in total. The molecular formula is C18H13ClN2O3. The van der Waals surface area contributed by atoms with Crippen molar-refractivity contribution in [2.24, 2.45) is 0 Å². The van der Waals surface area contributed by atoms with Crippen LogP contribution in [-0.4, -0.2) is 24.0 Å². The van der Waals surface area contributed by atoms with E-state index in [0.717, 1.165) is 0 Å². The normalized spacial score (nSPS) is 14.2. The third-order valence-electron chi connectivity index (χ3n) is 3.46. The van der Waals surface area contributed by atoms with Crippen molar-refractivity contribution in [1.82, 2.24) is 4.98 Å². The monoisotopic (exact) mass is 340 g/mol. The summed E-state index contributed by atoms with van der Waals surface area (Å²) in [6, 6.07) is 10.5. The maximum atomic E-state index is 12.3. The van der Waals surface area contributed by atoms with Crippen LogP contribution in [0.15, 0.2) is 42.6 Å². The first-order valence-electron chi connectivity index (χ1n) is 7.30. The quantitative estimate of drug-likeness (QED) is 0.798. The fraction of sp³-hybridized carbons (Fsp3) is 0.167. The number of benzene rings is 1. The van der Waals surface area contributed by atoms with Crippen molar-refractivity contribution in [3.8, 4) is 17.6 Å². The molecule has 0 saturated carbocycles. The van der Waals surface area contributed by atoms with Crippen LogP contribution < -0.4 is 9.47 Å². The van der Waals surface area contributed by atoms with Crippen molar-refractivity contribution in [3.05, 3.63) is 58.9 Å². The van der Waals surface area contributed by atoms with Crippen LogP contribution in [0, 0.1) is 11.3 Å². The molecular weight excluding hydrogens is 328 g/mol. The largest absolute Gasteiger partial charge is 0.486 e. The number of carbonyl (C=O) groups is 1. The molecule has 120 valence electrons. The number of carbonyl (C=O) groups excluding carboxylic acids is 1. The smallest absolute Gasteiger partial charge is 0.179 e. The Morgan fingerprint density at radius 2 is 2.17 bits per heavy atom. The van der Waals surface area contributed by atoms with Gasteiger partial charge in [0.1, 0.15) is 13.2 Å². The second-order valence-corrected chi connectivity index (χ2v) is 5.49. The Labute approximate surface area is 144 Å². The molecule has 1 aromatic heterocycles. The number of aromatic nitrogens is 1. The number of halogens is 1. The SMILES string of the molecule is N#C[C@H](C(=O)/C=C\c1cc(Cl)c2c(c1)OCCO2)c1ccccn1. The number of hydrogen-bond donors (Lipinski definition) is 0. The summed E-state index contributed by atoms with van der Waals surface area (Å²) in [6.07, 6.45) is 4.50. The second kappa shape index (κ2) is 7.16. The Hall–Kier alpha value is -2.84. The minimum absolute atomic E-state index is 0.345. The fourth-order valence-corrected chi connectivity index (χ4v) is 2.60. The molecule has 1 aromatic carbocycles. The van der Waals surface area contributed by atoms with Crippen LogP contribution in [-0.2, 0) is 4.79 Å². The van der Waals surface area contributed by atoms with Gasteiger partial charge in [0, 0.05) is 6.20 Å². The van der Waals surface area contributed by atoms with Gasteiger partial charge in [0.15, 0.2) is 23.2 Å². The summed E-state index contributed by atoms with van der Waals surface area (Å²) in [4.78, 5) is 16.3. The highest BCUT2D eigenvalue weighted by atomic mass is 35.5. The van der Waals surface area contributed by atoms with Gasteiger partial charge in [0.25, 0.3) is 0 Å². The lowest BCUT2D eigenvalue weighted by Crippen LogP contribution is -2.15. The Balaban J connectivity index is 1.81. The van der Waals surface area contributed by atoms with E-state index < -0.39 is 5.92 Å². The van der Waals surface area contributed by atoms with E-state index in [0.29, 0.717) is 41.0 Å². The lowest BCUT2D eigenvalue weighted by molar-refractivity contribution is -0.114. The number of allylic oxidation sites excluding steroid dienone is 1. The van der Waals surface area contributed by atoms with E-state index in [-0.39, 0.29) is 5.78 Å². The van der Waals surface area contributed by atoms with Gasteiger partial charge in [-0.3, -0.25) is 9.78 Å². The summed E-state index contributed by atoms with van der Waals surface area (Å²) in [5, 5.41) is 9.66. The Bertz CT molecular complexity index is 828. The third-order valence-corrected chi connectivity index (χ3v) is 3.74. The number of nitrogens with zero attached hydrogens (tertiary/aromatic N) is 2. The van der Waals surface area contributed by atoms with Gasteiger partial charge in [-0.05, 0) is 35.9 Å². The first-order valence-corrected chi connectivity index (χ1v) is 7.68. The number of nitriles is 1. The van der Waals surface area contributed by atoms with Crippen LogP contribution in [0.4, 0.5) is 0 Å². The molecule has 0 amide bonds. The molecule has 0 aliphatic carbocycles. The van der Waals surface area contributed by atoms with Gasteiger partial charge in [0.2, 0.25) is 0 Å². The number of ether oxygens (including phenoxy) is 2. The number of rotatable bonds is 4. The minimum Gasteiger partial charge on any atom is -0.486 e. The first kappa shape index (κ1) is 16.0. The van der Waals surface area contributed by atoms with Gasteiger partial charge in [-0.15, -0.1) is 0 Å². The molecule has 0 unspecified atom stereocenters. The van der Waals surface area contributed by atoms with Gasteiger partial charge < -0.3 is 9.47 Å². The zero-order chi connectivity index (χ0) is 16.9. The van der Waals surface area contributed by atoms with Crippen LogP contribution >= 0.6 is 11.6 Å². The van der Waals surface area contributed by atoms with Crippen molar-refractivity contribution in [2.45, 2.75) is 5.92 Å². The Morgan fingerprint density at radius 1 is 1.33 bits per heavy atom. The Morgan fingerprint density at radius 3 is 2.92 bits per heavy atom. The summed E-state index contributed by atoms with van der Waals surface area (Å²) >= 11 is 6.16. The van der Waals surface area contributed by atoms with Crippen molar-refractivity contribution >= 4 is 23.5 Å². The molecule has 0 radical (unpaired) electrons. The van der Waals surface area contributed by atoms with Crippen molar-refractivity contribution < 1.29 is 14.3 Å². The molecule has 0 bridgehead atoms. The summed E-state index contributed by atoms with van der Waals surface area (Å²) in [7, 11) is 0. The van der Waals surface area contributed by atoms with Gasteiger partial charge in [-0.25, -0.2) is 0 Å². The zero-order valence-electron chi connectivity index (χ0n) is 12.6. The summed E-state index contributed by atoms with van der Waals surface area (Å²) in [5.41, 5.74) is 1.12. The van der Waals surface area contributed by atoms with Gasteiger partial charge >= 0.3 is 0 Å². The number of ketones is 1. The van der Waals surface area contributed by atoms with Gasteiger partial charge in [0.05, 0.1) is 16.8 Å². The maximum absolute atomic E-state index is 12.3. The average Bonchev–Trinajstić information content (AvgIpc) is 2.61. The number of fused-ring (bicyclic) bond motifs is 1. The van der Waals surface area contributed by atoms with Crippen LogP contribution in [0.2, 0.25) is 5.02 Å². The van der Waals surface area contributed by atoms with Crippen LogP contribution in [0.3, 0.4) is 0 Å². The summed E-state index contributed by atoms with van der Waals surface area (Å²) < 4.78 is 10.9. The van der Waals surface area contributed by atoms with E-state index in [9.17, 15) is 10.1 Å². The predicted octanol–water partition coefficient (Wildman–Crippen LogP) is 3.40.